The van der Waals surface area contributed by atoms with Crippen LogP contribution in [0.15, 0.2) is 48.8 Å². The van der Waals surface area contributed by atoms with Gasteiger partial charge in [0, 0.05) is 35.2 Å². The van der Waals surface area contributed by atoms with Gasteiger partial charge in [0.1, 0.15) is 12.0 Å². The molecule has 144 valence electrons. The normalized spacial score (nSPS) is 23.6. The van der Waals surface area contributed by atoms with Crippen molar-refractivity contribution in [2.75, 3.05) is 7.11 Å². The molecule has 3 unspecified atom stereocenters. The second-order valence-corrected chi connectivity index (χ2v) is 8.76. The van der Waals surface area contributed by atoms with Crippen LogP contribution in [0.2, 0.25) is 0 Å². The number of pyridine rings is 1. The number of aromatic nitrogens is 1. The molecule has 1 aliphatic rings. The van der Waals surface area contributed by atoms with Gasteiger partial charge in [-0.05, 0) is 48.1 Å². The average molecular weight is 384 g/mol. The van der Waals surface area contributed by atoms with E-state index in [1.165, 1.54) is 24.0 Å². The first kappa shape index (κ1) is 19.9. The van der Waals surface area contributed by atoms with E-state index in [0.717, 1.165) is 30.6 Å². The van der Waals surface area contributed by atoms with E-state index in [4.69, 9.17) is 4.74 Å². The zero-order chi connectivity index (χ0) is 19.1. The van der Waals surface area contributed by atoms with Crippen LogP contribution in [0.3, 0.4) is 0 Å². The number of carbonyl (C=O) groups is 1. The van der Waals surface area contributed by atoms with Gasteiger partial charge in [-0.3, -0.25) is 4.98 Å². The van der Waals surface area contributed by atoms with Gasteiger partial charge >= 0.3 is 0 Å². The minimum Gasteiger partial charge on any atom is -0.497 e. The van der Waals surface area contributed by atoms with Crippen molar-refractivity contribution in [2.45, 2.75) is 55.4 Å². The van der Waals surface area contributed by atoms with E-state index >= 15 is 0 Å². The molecule has 1 aromatic heterocycles. The second-order valence-electron chi connectivity index (χ2n) is 7.43. The lowest BCUT2D eigenvalue weighted by Crippen LogP contribution is -2.45. The Morgan fingerprint density at radius 1 is 1.30 bits per heavy atom. The molecule has 0 amide bonds. The first-order chi connectivity index (χ1) is 13.2. The number of hydrogen-bond donors (Lipinski definition) is 0. The Bertz CT molecular complexity index is 719. The van der Waals surface area contributed by atoms with Crippen molar-refractivity contribution >= 4 is 18.0 Å². The lowest BCUT2D eigenvalue weighted by molar-refractivity contribution is -0.109. The number of thioether (sulfide) groups is 1. The third kappa shape index (κ3) is 4.37. The van der Waals surface area contributed by atoms with Crippen LogP contribution in [0, 0.1) is 5.92 Å². The topological polar surface area (TPSA) is 39.2 Å². The van der Waals surface area contributed by atoms with Crippen LogP contribution in [0.25, 0.3) is 0 Å². The molecular formula is C23H29NO2S. The standard InChI is InChI=1S/C23H29NO2S/c1-18(27-17-19-8-10-22(26-2)11-9-19)23(21-7-5-14-24-16-21)13-4-3-6-20(23)12-15-25/h5,7-11,14-16,18,20H,3-4,6,12-13,17H2,1-2H3. The molecule has 1 aromatic carbocycles. The molecule has 2 aromatic rings. The van der Waals surface area contributed by atoms with Crippen molar-refractivity contribution in [1.82, 2.24) is 4.98 Å². The van der Waals surface area contributed by atoms with Crippen molar-refractivity contribution in [1.29, 1.82) is 0 Å². The van der Waals surface area contributed by atoms with E-state index in [2.05, 4.69) is 30.1 Å². The average Bonchev–Trinajstić information content (AvgIpc) is 2.73. The van der Waals surface area contributed by atoms with Crippen LogP contribution in [0.1, 0.15) is 50.2 Å². The molecular weight excluding hydrogens is 354 g/mol. The van der Waals surface area contributed by atoms with Crippen LogP contribution in [-0.2, 0) is 16.0 Å². The summed E-state index contributed by atoms with van der Waals surface area (Å²) in [7, 11) is 1.69. The third-order valence-electron chi connectivity index (χ3n) is 6.09. The summed E-state index contributed by atoms with van der Waals surface area (Å²) in [4.78, 5) is 15.8. The Balaban J connectivity index is 1.84. The molecule has 3 nitrogen and oxygen atoms in total. The van der Waals surface area contributed by atoms with Crippen molar-refractivity contribution in [3.63, 3.8) is 0 Å². The second kappa shape index (κ2) is 9.41. The smallest absolute Gasteiger partial charge is 0.120 e. The number of aldehydes is 1. The maximum atomic E-state index is 11.4. The number of ether oxygens (including phenoxy) is 1. The molecule has 3 atom stereocenters. The third-order valence-corrected chi connectivity index (χ3v) is 7.51. The zero-order valence-corrected chi connectivity index (χ0v) is 17.1. The molecule has 1 saturated carbocycles. The van der Waals surface area contributed by atoms with E-state index in [0.29, 0.717) is 17.6 Å². The van der Waals surface area contributed by atoms with Gasteiger partial charge in [0.25, 0.3) is 0 Å². The summed E-state index contributed by atoms with van der Waals surface area (Å²) >= 11 is 1.99. The Morgan fingerprint density at radius 3 is 2.78 bits per heavy atom. The molecule has 0 spiro atoms. The van der Waals surface area contributed by atoms with E-state index in [1.807, 2.05) is 42.4 Å². The maximum Gasteiger partial charge on any atom is 0.120 e. The fourth-order valence-corrected chi connectivity index (χ4v) is 5.97. The van der Waals surface area contributed by atoms with Crippen molar-refractivity contribution in [3.05, 3.63) is 59.9 Å². The summed E-state index contributed by atoms with van der Waals surface area (Å²) in [5.74, 6) is 2.24. The predicted octanol–water partition coefficient (Wildman–Crippen LogP) is 5.43. The van der Waals surface area contributed by atoms with Gasteiger partial charge in [-0.25, -0.2) is 0 Å². The lowest BCUT2D eigenvalue weighted by atomic mass is 9.60. The Labute approximate surface area is 166 Å². The van der Waals surface area contributed by atoms with Gasteiger partial charge in [-0.2, -0.15) is 11.8 Å². The molecule has 1 aliphatic carbocycles. The first-order valence-electron chi connectivity index (χ1n) is 9.79. The Kier molecular flexibility index (Phi) is 6.95. The highest BCUT2D eigenvalue weighted by molar-refractivity contribution is 7.99. The fraction of sp³-hybridized carbons (Fsp3) is 0.478. The van der Waals surface area contributed by atoms with E-state index in [9.17, 15) is 4.79 Å². The quantitative estimate of drug-likeness (QED) is 0.570. The van der Waals surface area contributed by atoms with Gasteiger partial charge < -0.3 is 9.53 Å². The highest BCUT2D eigenvalue weighted by Gasteiger charge is 2.46. The SMILES string of the molecule is COc1ccc(CSC(C)C2(c3cccnc3)CCCCC2CC=O)cc1. The van der Waals surface area contributed by atoms with Crippen LogP contribution in [0.4, 0.5) is 0 Å². The molecule has 0 bridgehead atoms. The van der Waals surface area contributed by atoms with Crippen molar-refractivity contribution in [3.8, 4) is 5.75 Å². The van der Waals surface area contributed by atoms with Gasteiger partial charge in [0.15, 0.2) is 0 Å². The molecule has 0 saturated heterocycles. The molecule has 27 heavy (non-hydrogen) atoms. The number of rotatable bonds is 8. The highest BCUT2D eigenvalue weighted by Crippen LogP contribution is 2.51. The summed E-state index contributed by atoms with van der Waals surface area (Å²) in [5.41, 5.74) is 2.62. The summed E-state index contributed by atoms with van der Waals surface area (Å²) in [6.07, 6.45) is 10.3. The first-order valence-corrected chi connectivity index (χ1v) is 10.8. The molecule has 3 rings (SSSR count). The predicted molar refractivity (Wildman–Crippen MR) is 112 cm³/mol. The number of carbonyl (C=O) groups excluding carboxylic acids is 1. The van der Waals surface area contributed by atoms with Gasteiger partial charge in [-0.1, -0.05) is 38.0 Å². The van der Waals surface area contributed by atoms with E-state index < -0.39 is 0 Å². The minimum atomic E-state index is 0.0184. The fourth-order valence-electron chi connectivity index (χ4n) is 4.59. The number of hydrogen-bond acceptors (Lipinski definition) is 4. The summed E-state index contributed by atoms with van der Waals surface area (Å²) in [6.45, 7) is 2.34. The number of benzene rings is 1. The van der Waals surface area contributed by atoms with E-state index in [1.54, 1.807) is 7.11 Å². The molecule has 1 heterocycles. The van der Waals surface area contributed by atoms with Crippen LogP contribution in [0.5, 0.6) is 5.75 Å². The molecule has 4 heteroatoms. The molecule has 1 fully saturated rings. The number of methoxy groups -OCH3 is 1. The maximum absolute atomic E-state index is 11.4. The number of nitrogens with zero attached hydrogens (tertiary/aromatic N) is 1. The van der Waals surface area contributed by atoms with Gasteiger partial charge in [-0.15, -0.1) is 0 Å². The summed E-state index contributed by atoms with van der Waals surface area (Å²) in [5, 5.41) is 0.411. The molecule has 0 radical (unpaired) electrons. The van der Waals surface area contributed by atoms with Crippen LogP contribution >= 0.6 is 11.8 Å². The molecule has 0 aliphatic heterocycles. The minimum absolute atomic E-state index is 0.0184. The highest BCUT2D eigenvalue weighted by atomic mass is 32.2. The lowest BCUT2D eigenvalue weighted by Gasteiger charge is -2.48. The largest absolute Gasteiger partial charge is 0.497 e. The zero-order valence-electron chi connectivity index (χ0n) is 16.3. The van der Waals surface area contributed by atoms with Crippen LogP contribution in [-0.4, -0.2) is 23.6 Å². The monoisotopic (exact) mass is 383 g/mol. The Hall–Kier alpha value is -1.81. The summed E-state index contributed by atoms with van der Waals surface area (Å²) < 4.78 is 5.26. The van der Waals surface area contributed by atoms with Gasteiger partial charge in [0.2, 0.25) is 0 Å². The van der Waals surface area contributed by atoms with E-state index in [-0.39, 0.29) is 5.41 Å². The van der Waals surface area contributed by atoms with Crippen LogP contribution < -0.4 is 4.74 Å². The van der Waals surface area contributed by atoms with Crippen molar-refractivity contribution in [2.24, 2.45) is 5.92 Å². The van der Waals surface area contributed by atoms with Gasteiger partial charge in [0.05, 0.1) is 7.11 Å². The Morgan fingerprint density at radius 2 is 2.11 bits per heavy atom. The summed E-state index contributed by atoms with van der Waals surface area (Å²) in [6, 6.07) is 12.6. The molecule has 0 N–H and O–H groups in total. The van der Waals surface area contributed by atoms with Crippen molar-refractivity contribution < 1.29 is 9.53 Å².